The molecule has 3 N–H and O–H groups in total. The Morgan fingerprint density at radius 2 is 1.78 bits per heavy atom. The number of aromatic hydroxyl groups is 1. The molecule has 0 amide bonds. The number of ether oxygens (including phenoxy) is 1. The Kier molecular flexibility index (Phi) is 7.31. The van der Waals surface area contributed by atoms with E-state index in [1.54, 1.807) is 24.3 Å². The van der Waals surface area contributed by atoms with E-state index in [9.17, 15) is 15.0 Å². The highest BCUT2D eigenvalue weighted by Gasteiger charge is 2.20. The summed E-state index contributed by atoms with van der Waals surface area (Å²) in [6.45, 7) is 6.05. The van der Waals surface area contributed by atoms with E-state index in [-0.39, 0.29) is 18.1 Å². The van der Waals surface area contributed by atoms with Crippen LogP contribution in [0.4, 0.5) is 0 Å². The SMILES string of the molecule is CCc1c(Oc2c(Br)cc(CC(O)C(=O)O)cc2Br)ccc(O)c1C(C)C. The van der Waals surface area contributed by atoms with E-state index in [0.29, 0.717) is 32.4 Å². The van der Waals surface area contributed by atoms with Crippen LogP contribution in [0.5, 0.6) is 17.2 Å². The molecular weight excluding hydrogens is 480 g/mol. The second kappa shape index (κ2) is 9.08. The summed E-state index contributed by atoms with van der Waals surface area (Å²) in [4.78, 5) is 10.8. The third-order valence-corrected chi connectivity index (χ3v) is 5.38. The molecule has 1 unspecified atom stereocenters. The van der Waals surface area contributed by atoms with E-state index in [1.807, 2.05) is 20.8 Å². The average molecular weight is 502 g/mol. The predicted octanol–water partition coefficient (Wildman–Crippen LogP) is 5.38. The zero-order chi connectivity index (χ0) is 20.3. The molecule has 2 rings (SSSR count). The minimum absolute atomic E-state index is 0.0102. The van der Waals surface area contributed by atoms with Gasteiger partial charge in [-0.1, -0.05) is 20.8 Å². The molecule has 146 valence electrons. The van der Waals surface area contributed by atoms with E-state index in [2.05, 4.69) is 31.9 Å². The maximum absolute atomic E-state index is 10.8. The molecule has 0 heterocycles. The van der Waals surface area contributed by atoms with Crippen LogP contribution in [0.25, 0.3) is 0 Å². The molecule has 0 aromatic heterocycles. The number of aliphatic carboxylic acids is 1. The average Bonchev–Trinajstić information content (AvgIpc) is 2.58. The molecule has 27 heavy (non-hydrogen) atoms. The number of phenols is 1. The summed E-state index contributed by atoms with van der Waals surface area (Å²) >= 11 is 6.91. The van der Waals surface area contributed by atoms with Crippen molar-refractivity contribution >= 4 is 37.8 Å². The van der Waals surface area contributed by atoms with Crippen molar-refractivity contribution in [1.29, 1.82) is 0 Å². The molecule has 0 aliphatic heterocycles. The first-order chi connectivity index (χ1) is 12.6. The number of hydrogen-bond acceptors (Lipinski definition) is 4. The second-order valence-corrected chi connectivity index (χ2v) is 8.24. The maximum Gasteiger partial charge on any atom is 0.332 e. The van der Waals surface area contributed by atoms with Gasteiger partial charge >= 0.3 is 5.97 Å². The first-order valence-electron chi connectivity index (χ1n) is 8.57. The molecule has 1 atom stereocenters. The molecule has 2 aromatic rings. The molecule has 0 saturated heterocycles. The largest absolute Gasteiger partial charge is 0.508 e. The molecule has 0 radical (unpaired) electrons. The summed E-state index contributed by atoms with van der Waals surface area (Å²) < 4.78 is 7.39. The van der Waals surface area contributed by atoms with E-state index in [1.165, 1.54) is 0 Å². The van der Waals surface area contributed by atoms with Gasteiger partial charge < -0.3 is 20.1 Å². The van der Waals surface area contributed by atoms with Gasteiger partial charge in [-0.05, 0) is 74.0 Å². The Labute approximate surface area is 175 Å². The van der Waals surface area contributed by atoms with Crippen molar-refractivity contribution < 1.29 is 24.9 Å². The number of hydrogen-bond donors (Lipinski definition) is 3. The summed E-state index contributed by atoms with van der Waals surface area (Å²) in [7, 11) is 0. The molecule has 7 heteroatoms. The van der Waals surface area contributed by atoms with Crippen LogP contribution in [-0.2, 0) is 17.6 Å². The highest BCUT2D eigenvalue weighted by molar-refractivity contribution is 9.11. The third-order valence-electron chi connectivity index (χ3n) is 4.21. The van der Waals surface area contributed by atoms with Gasteiger partial charge in [0.15, 0.2) is 11.9 Å². The normalized spacial score (nSPS) is 12.3. The number of carbonyl (C=O) groups is 1. The number of halogens is 2. The lowest BCUT2D eigenvalue weighted by atomic mass is 9.94. The lowest BCUT2D eigenvalue weighted by Crippen LogP contribution is -2.21. The van der Waals surface area contributed by atoms with Crippen molar-refractivity contribution in [3.05, 3.63) is 49.9 Å². The number of aliphatic hydroxyl groups excluding tert-OH is 1. The monoisotopic (exact) mass is 500 g/mol. The second-order valence-electron chi connectivity index (χ2n) is 6.53. The minimum atomic E-state index is -1.46. The van der Waals surface area contributed by atoms with E-state index < -0.39 is 12.1 Å². The molecule has 0 saturated carbocycles. The summed E-state index contributed by atoms with van der Waals surface area (Å²) in [5, 5.41) is 28.6. The Hall–Kier alpha value is -1.57. The van der Waals surface area contributed by atoms with Crippen LogP contribution in [0.1, 0.15) is 43.4 Å². The number of carboxylic acids is 1. The Morgan fingerprint density at radius 1 is 1.19 bits per heavy atom. The Balaban J connectivity index is 2.41. The zero-order valence-electron chi connectivity index (χ0n) is 15.3. The van der Waals surface area contributed by atoms with Crippen LogP contribution in [-0.4, -0.2) is 27.4 Å². The summed E-state index contributed by atoms with van der Waals surface area (Å²) in [5.74, 6) is 0.332. The van der Waals surface area contributed by atoms with Gasteiger partial charge in [0, 0.05) is 17.5 Å². The van der Waals surface area contributed by atoms with Crippen LogP contribution in [0, 0.1) is 0 Å². The summed E-state index contributed by atoms with van der Waals surface area (Å²) in [5.41, 5.74) is 2.46. The highest BCUT2D eigenvalue weighted by atomic mass is 79.9. The van der Waals surface area contributed by atoms with Crippen molar-refractivity contribution in [3.63, 3.8) is 0 Å². The van der Waals surface area contributed by atoms with Crippen LogP contribution in [0.3, 0.4) is 0 Å². The maximum atomic E-state index is 10.8. The third kappa shape index (κ3) is 5.03. The van der Waals surface area contributed by atoms with Gasteiger partial charge in [0.2, 0.25) is 0 Å². The minimum Gasteiger partial charge on any atom is -0.508 e. The topological polar surface area (TPSA) is 87.0 Å². The lowest BCUT2D eigenvalue weighted by Gasteiger charge is -2.19. The summed E-state index contributed by atoms with van der Waals surface area (Å²) in [6, 6.07) is 6.81. The van der Waals surface area contributed by atoms with Crippen molar-refractivity contribution in [2.45, 2.75) is 45.6 Å². The molecule has 0 aliphatic carbocycles. The van der Waals surface area contributed by atoms with Crippen LogP contribution in [0.2, 0.25) is 0 Å². The fourth-order valence-corrected chi connectivity index (χ4v) is 4.43. The smallest absolute Gasteiger partial charge is 0.332 e. The predicted molar refractivity (Wildman–Crippen MR) is 111 cm³/mol. The first kappa shape index (κ1) is 21.7. The molecule has 0 fully saturated rings. The molecule has 5 nitrogen and oxygen atoms in total. The van der Waals surface area contributed by atoms with Gasteiger partial charge in [-0.25, -0.2) is 4.79 Å². The standard InChI is InChI=1S/C20H22Br2O5/c1-4-12-17(6-5-15(23)18(12)10(2)3)27-19-13(21)7-11(8-14(19)22)9-16(24)20(25)26/h5-8,10,16,23-24H,4,9H2,1-3H3,(H,25,26). The van der Waals surface area contributed by atoms with Crippen molar-refractivity contribution in [3.8, 4) is 17.2 Å². The molecule has 0 aliphatic rings. The van der Waals surface area contributed by atoms with Gasteiger partial charge in [0.25, 0.3) is 0 Å². The van der Waals surface area contributed by atoms with Crippen LogP contribution >= 0.6 is 31.9 Å². The van der Waals surface area contributed by atoms with Crippen molar-refractivity contribution in [2.75, 3.05) is 0 Å². The van der Waals surface area contributed by atoms with Gasteiger partial charge in [-0.2, -0.15) is 0 Å². The van der Waals surface area contributed by atoms with Crippen molar-refractivity contribution in [2.24, 2.45) is 0 Å². The van der Waals surface area contributed by atoms with Gasteiger partial charge in [-0.3, -0.25) is 0 Å². The number of rotatable bonds is 7. The highest BCUT2D eigenvalue weighted by Crippen LogP contribution is 2.42. The van der Waals surface area contributed by atoms with Crippen molar-refractivity contribution in [1.82, 2.24) is 0 Å². The summed E-state index contributed by atoms with van der Waals surface area (Å²) in [6.07, 6.45) is -0.771. The molecular formula is C20H22Br2O5. The number of benzene rings is 2. The molecule has 0 spiro atoms. The molecule has 2 aromatic carbocycles. The van der Waals surface area contributed by atoms with Gasteiger partial charge in [-0.15, -0.1) is 0 Å². The zero-order valence-corrected chi connectivity index (χ0v) is 18.5. The van der Waals surface area contributed by atoms with E-state index >= 15 is 0 Å². The first-order valence-corrected chi connectivity index (χ1v) is 10.2. The van der Waals surface area contributed by atoms with E-state index in [0.717, 1.165) is 11.1 Å². The fraction of sp³-hybridized carbons (Fsp3) is 0.350. The lowest BCUT2D eigenvalue weighted by molar-refractivity contribution is -0.146. The number of aliphatic hydroxyl groups is 1. The Bertz CT molecular complexity index is 826. The van der Waals surface area contributed by atoms with Gasteiger partial charge in [0.05, 0.1) is 8.95 Å². The molecule has 0 bridgehead atoms. The Morgan fingerprint density at radius 3 is 2.26 bits per heavy atom. The van der Waals surface area contributed by atoms with Crippen LogP contribution in [0.15, 0.2) is 33.2 Å². The van der Waals surface area contributed by atoms with Gasteiger partial charge in [0.1, 0.15) is 11.5 Å². The van der Waals surface area contributed by atoms with Crippen LogP contribution < -0.4 is 4.74 Å². The van der Waals surface area contributed by atoms with E-state index in [4.69, 9.17) is 9.84 Å². The fourth-order valence-electron chi connectivity index (χ4n) is 2.99. The number of phenolic OH excluding ortho intramolecular Hbond substituents is 1. The number of carboxylic acid groups (broad SMARTS) is 1. The quantitative estimate of drug-likeness (QED) is 0.473.